The van der Waals surface area contributed by atoms with E-state index in [-0.39, 0.29) is 71.6 Å². The van der Waals surface area contributed by atoms with Crippen LogP contribution in [0.4, 0.5) is 33.5 Å². The summed E-state index contributed by atoms with van der Waals surface area (Å²) >= 11 is 13.0. The van der Waals surface area contributed by atoms with Gasteiger partial charge in [-0.3, -0.25) is 14.7 Å². The molecule has 1 aliphatic carbocycles. The average Bonchev–Trinajstić information content (AvgIpc) is 3.67. The Hall–Kier alpha value is -3.98. The van der Waals surface area contributed by atoms with Crippen LogP contribution in [0.2, 0.25) is 10.0 Å². The van der Waals surface area contributed by atoms with Crippen molar-refractivity contribution < 1.29 is 36.3 Å². The lowest BCUT2D eigenvalue weighted by Gasteiger charge is -2.30. The number of hydrogen-bond donors (Lipinski definition) is 4. The summed E-state index contributed by atoms with van der Waals surface area (Å²) in [6.07, 6.45) is -5.60. The van der Waals surface area contributed by atoms with Gasteiger partial charge in [-0.05, 0) is 49.4 Å². The summed E-state index contributed by atoms with van der Waals surface area (Å²) in [4.78, 5) is 34.0. The molecule has 0 unspecified atom stereocenters. The number of nitrogens with zero attached hydrogens (tertiary/aromatic N) is 3. The number of carbonyl (C=O) groups is 2. The van der Waals surface area contributed by atoms with Gasteiger partial charge in [-0.2, -0.15) is 23.3 Å². The van der Waals surface area contributed by atoms with Crippen LogP contribution in [0.25, 0.3) is 0 Å². The number of aliphatic imine (C=N–C) groups is 1. The first kappa shape index (κ1) is 32.4. The standard InChI is InChI=1S/C28H26Cl2F5N7O3/c29-18-6-1-13(11-36-26(44)19-7-8-37-42-19)22(30)23(18)39-21-10-14-9-17(27(41-24(14)40-21)45-12-20(31)32)25(43)38-16-4-2-15(3-5-16)28(33,34)35/h1,6-9,15-16,20H,2-5,10-12H2,(H,36,44)(H,37,42)(H,38,43)(H,39,40,41). The SMILES string of the molecule is O=C(NCc1ccc(Cl)c(NC2=Nc3nc(OCC(F)F)c(C(=O)NC4CCC(C(F)(F)F)CC4)cc3C2)c1Cl)c1ccn[nH]1. The number of rotatable bonds is 9. The summed E-state index contributed by atoms with van der Waals surface area (Å²) in [6, 6.07) is 5.61. The maximum absolute atomic E-state index is 13.2. The van der Waals surface area contributed by atoms with Crippen LogP contribution in [0.5, 0.6) is 5.88 Å². The highest BCUT2D eigenvalue weighted by molar-refractivity contribution is 6.40. The van der Waals surface area contributed by atoms with Crippen molar-refractivity contribution in [2.75, 3.05) is 11.9 Å². The summed E-state index contributed by atoms with van der Waals surface area (Å²) in [5.74, 6) is -2.48. The molecule has 1 aliphatic heterocycles. The number of amidine groups is 1. The fourth-order valence-corrected chi connectivity index (χ4v) is 5.59. The number of nitrogens with one attached hydrogen (secondary N) is 4. The van der Waals surface area contributed by atoms with Crippen LogP contribution in [0.15, 0.2) is 35.5 Å². The largest absolute Gasteiger partial charge is 0.471 e. The van der Waals surface area contributed by atoms with Crippen LogP contribution >= 0.6 is 23.2 Å². The fourth-order valence-electron chi connectivity index (χ4n) is 5.06. The number of ether oxygens (including phenoxy) is 1. The van der Waals surface area contributed by atoms with Crippen LogP contribution in [-0.2, 0) is 13.0 Å². The van der Waals surface area contributed by atoms with Gasteiger partial charge >= 0.3 is 6.18 Å². The lowest BCUT2D eigenvalue weighted by Crippen LogP contribution is -2.40. The smallest absolute Gasteiger partial charge is 0.391 e. The van der Waals surface area contributed by atoms with E-state index in [2.05, 4.69) is 36.1 Å². The molecule has 4 N–H and O–H groups in total. The van der Waals surface area contributed by atoms with Crippen molar-refractivity contribution in [2.45, 2.75) is 57.3 Å². The summed E-state index contributed by atoms with van der Waals surface area (Å²) in [5, 5.41) is 15.2. The van der Waals surface area contributed by atoms with E-state index in [4.69, 9.17) is 27.9 Å². The van der Waals surface area contributed by atoms with Gasteiger partial charge in [0.25, 0.3) is 18.2 Å². The normalized spacial score (nSPS) is 17.9. The Balaban J connectivity index is 1.30. The number of halogens is 7. The third-order valence-corrected chi connectivity index (χ3v) is 8.13. The Bertz CT molecular complexity index is 1590. The number of fused-ring (bicyclic) bond motifs is 1. The van der Waals surface area contributed by atoms with Gasteiger partial charge in [0, 0.05) is 30.8 Å². The van der Waals surface area contributed by atoms with Crippen molar-refractivity contribution in [3.8, 4) is 5.88 Å². The quantitative estimate of drug-likeness (QED) is 0.199. The van der Waals surface area contributed by atoms with E-state index in [0.29, 0.717) is 22.6 Å². The van der Waals surface area contributed by atoms with E-state index < -0.39 is 43.0 Å². The number of alkyl halides is 5. The second kappa shape index (κ2) is 13.6. The van der Waals surface area contributed by atoms with Gasteiger partial charge in [0.15, 0.2) is 12.4 Å². The molecule has 2 amide bonds. The molecule has 1 saturated carbocycles. The maximum Gasteiger partial charge on any atom is 0.391 e. The molecule has 5 rings (SSSR count). The molecule has 2 aliphatic rings. The summed E-state index contributed by atoms with van der Waals surface area (Å²) in [5.41, 5.74) is 1.41. The second-order valence-electron chi connectivity index (χ2n) is 10.5. The predicted octanol–water partition coefficient (Wildman–Crippen LogP) is 6.23. The van der Waals surface area contributed by atoms with Gasteiger partial charge in [0.1, 0.15) is 17.1 Å². The lowest BCUT2D eigenvalue weighted by atomic mass is 9.85. The topological polar surface area (TPSA) is 133 Å². The molecule has 45 heavy (non-hydrogen) atoms. The highest BCUT2D eigenvalue weighted by Gasteiger charge is 2.41. The third kappa shape index (κ3) is 7.82. The number of amides is 2. The average molecular weight is 674 g/mol. The first-order chi connectivity index (χ1) is 21.4. The fraction of sp³-hybridized carbons (Fsp3) is 0.393. The molecule has 0 radical (unpaired) electrons. The van der Waals surface area contributed by atoms with Crippen molar-refractivity contribution in [1.82, 2.24) is 25.8 Å². The Morgan fingerprint density at radius 3 is 2.51 bits per heavy atom. The molecule has 10 nitrogen and oxygen atoms in total. The van der Waals surface area contributed by atoms with Gasteiger partial charge in [-0.25, -0.2) is 13.8 Å². The van der Waals surface area contributed by atoms with Gasteiger partial charge < -0.3 is 20.7 Å². The number of benzene rings is 1. The van der Waals surface area contributed by atoms with Gasteiger partial charge in [-0.1, -0.05) is 29.3 Å². The molecule has 1 aromatic carbocycles. The van der Waals surface area contributed by atoms with Crippen molar-refractivity contribution in [3.05, 3.63) is 62.9 Å². The molecule has 3 aromatic rings. The van der Waals surface area contributed by atoms with E-state index in [1.165, 1.54) is 18.3 Å². The van der Waals surface area contributed by atoms with Crippen LogP contribution in [0.3, 0.4) is 0 Å². The first-order valence-corrected chi connectivity index (χ1v) is 14.6. The van der Waals surface area contributed by atoms with Crippen LogP contribution in [-0.4, -0.2) is 58.1 Å². The van der Waals surface area contributed by atoms with E-state index in [1.54, 1.807) is 12.1 Å². The molecule has 3 heterocycles. The monoisotopic (exact) mass is 673 g/mol. The van der Waals surface area contributed by atoms with E-state index >= 15 is 0 Å². The molecule has 1 fully saturated rings. The summed E-state index contributed by atoms with van der Waals surface area (Å²) in [6.45, 7) is -0.968. The molecule has 0 atom stereocenters. The zero-order valence-electron chi connectivity index (χ0n) is 23.3. The number of aromatic amines is 1. The molecule has 0 saturated heterocycles. The number of H-pyrrole nitrogens is 1. The minimum absolute atomic E-state index is 0.0674. The van der Waals surface area contributed by atoms with Crippen molar-refractivity contribution >= 4 is 52.4 Å². The van der Waals surface area contributed by atoms with E-state index in [0.717, 1.165) is 0 Å². The van der Waals surface area contributed by atoms with Crippen LogP contribution < -0.4 is 20.7 Å². The van der Waals surface area contributed by atoms with Crippen molar-refractivity contribution in [1.29, 1.82) is 0 Å². The number of aromatic nitrogens is 3. The number of hydrogen-bond acceptors (Lipinski definition) is 7. The molecular formula is C28H26Cl2F5N7O3. The molecule has 240 valence electrons. The van der Waals surface area contributed by atoms with E-state index in [1.807, 2.05) is 0 Å². The lowest BCUT2D eigenvalue weighted by molar-refractivity contribution is -0.182. The third-order valence-electron chi connectivity index (χ3n) is 7.38. The second-order valence-corrected chi connectivity index (χ2v) is 11.3. The molecule has 0 spiro atoms. The molecular weight excluding hydrogens is 648 g/mol. The van der Waals surface area contributed by atoms with Crippen LogP contribution in [0.1, 0.15) is 57.7 Å². The summed E-state index contributed by atoms with van der Waals surface area (Å²) in [7, 11) is 0. The first-order valence-electron chi connectivity index (χ1n) is 13.8. The highest BCUT2D eigenvalue weighted by Crippen LogP contribution is 2.39. The molecule has 0 bridgehead atoms. The molecule has 17 heteroatoms. The Morgan fingerprint density at radius 1 is 1.09 bits per heavy atom. The van der Waals surface area contributed by atoms with Crippen molar-refractivity contribution in [2.24, 2.45) is 10.9 Å². The zero-order valence-corrected chi connectivity index (χ0v) is 24.8. The van der Waals surface area contributed by atoms with Gasteiger partial charge in [0.05, 0.1) is 21.7 Å². The minimum Gasteiger partial charge on any atom is -0.471 e. The Morgan fingerprint density at radius 2 is 1.84 bits per heavy atom. The number of pyridine rings is 1. The van der Waals surface area contributed by atoms with E-state index in [9.17, 15) is 31.5 Å². The van der Waals surface area contributed by atoms with Crippen molar-refractivity contribution in [3.63, 3.8) is 0 Å². The van der Waals surface area contributed by atoms with Gasteiger partial charge in [0.2, 0.25) is 5.88 Å². The molecule has 2 aromatic heterocycles. The highest BCUT2D eigenvalue weighted by atomic mass is 35.5. The number of carbonyl (C=O) groups excluding carboxylic acids is 2. The summed E-state index contributed by atoms with van der Waals surface area (Å²) < 4.78 is 70.2. The number of anilines is 1. The Labute approximate surface area is 263 Å². The van der Waals surface area contributed by atoms with Crippen LogP contribution in [0, 0.1) is 5.92 Å². The minimum atomic E-state index is -4.30. The zero-order chi connectivity index (χ0) is 32.3. The Kier molecular flexibility index (Phi) is 9.77. The predicted molar refractivity (Wildman–Crippen MR) is 156 cm³/mol. The van der Waals surface area contributed by atoms with Gasteiger partial charge in [-0.15, -0.1) is 0 Å². The maximum atomic E-state index is 13.2.